The van der Waals surface area contributed by atoms with Gasteiger partial charge in [0.15, 0.2) is 0 Å². The van der Waals surface area contributed by atoms with Crippen LogP contribution in [0.5, 0.6) is 0 Å². The maximum Gasteiger partial charge on any atom is 0.0691 e. The minimum Gasteiger partial charge on any atom is -0.377 e. The van der Waals surface area contributed by atoms with Crippen LogP contribution in [0.2, 0.25) is 0 Å². The molecule has 3 nitrogen and oxygen atoms in total. The first-order chi connectivity index (χ1) is 7.22. The minimum atomic E-state index is -0.731. The Labute approximate surface area is 95.4 Å². The molecule has 3 atom stereocenters. The summed E-state index contributed by atoms with van der Waals surface area (Å²) in [5.41, 5.74) is 0. The Balaban J connectivity index is 2.11. The van der Waals surface area contributed by atoms with Crippen LogP contribution in [-0.4, -0.2) is 41.0 Å². The molecule has 1 N–H and O–H groups in total. The van der Waals surface area contributed by atoms with Crippen molar-refractivity contribution in [3.63, 3.8) is 0 Å². The Hall–Kier alpha value is 0.0700. The van der Waals surface area contributed by atoms with Crippen LogP contribution in [0.4, 0.5) is 0 Å². The van der Waals surface area contributed by atoms with Gasteiger partial charge in [-0.1, -0.05) is 6.92 Å². The number of nitrogens with one attached hydrogen (secondary N) is 1. The van der Waals surface area contributed by atoms with E-state index in [1.165, 1.54) is 0 Å². The Kier molecular flexibility index (Phi) is 6.45. The topological polar surface area (TPSA) is 38.3 Å². The van der Waals surface area contributed by atoms with Gasteiger partial charge in [-0.15, -0.1) is 0 Å². The maximum atomic E-state index is 11.8. The molecule has 0 aromatic heterocycles. The molecule has 0 saturated carbocycles. The van der Waals surface area contributed by atoms with E-state index in [-0.39, 0.29) is 6.10 Å². The zero-order chi connectivity index (χ0) is 11.1. The van der Waals surface area contributed by atoms with Crippen molar-refractivity contribution in [1.29, 1.82) is 0 Å². The van der Waals surface area contributed by atoms with Gasteiger partial charge in [-0.05, 0) is 32.7 Å². The summed E-state index contributed by atoms with van der Waals surface area (Å²) >= 11 is 0. The second-order valence-corrected chi connectivity index (χ2v) is 5.81. The van der Waals surface area contributed by atoms with Crippen molar-refractivity contribution >= 4 is 10.8 Å². The molecule has 1 fully saturated rings. The lowest BCUT2D eigenvalue weighted by atomic mass is 10.3. The zero-order valence-electron chi connectivity index (χ0n) is 9.83. The number of hydrogen-bond donors (Lipinski definition) is 1. The van der Waals surface area contributed by atoms with Crippen LogP contribution in [0.25, 0.3) is 0 Å². The molecule has 1 heterocycles. The summed E-state index contributed by atoms with van der Waals surface area (Å²) in [6, 6.07) is 0.354. The van der Waals surface area contributed by atoms with E-state index in [0.29, 0.717) is 6.04 Å². The van der Waals surface area contributed by atoms with Gasteiger partial charge in [-0.25, -0.2) is 0 Å². The average molecular weight is 233 g/mol. The van der Waals surface area contributed by atoms with E-state index in [4.69, 9.17) is 4.74 Å². The van der Waals surface area contributed by atoms with E-state index in [0.717, 1.165) is 43.9 Å². The first kappa shape index (κ1) is 13.1. The molecule has 0 bridgehead atoms. The van der Waals surface area contributed by atoms with Gasteiger partial charge in [0.2, 0.25) is 0 Å². The average Bonchev–Trinajstić information content (AvgIpc) is 2.67. The van der Waals surface area contributed by atoms with Crippen molar-refractivity contribution in [2.45, 2.75) is 45.3 Å². The van der Waals surface area contributed by atoms with E-state index >= 15 is 0 Å². The third kappa shape index (κ3) is 5.64. The first-order valence-electron chi connectivity index (χ1n) is 5.92. The number of rotatable bonds is 7. The van der Waals surface area contributed by atoms with Gasteiger partial charge < -0.3 is 10.1 Å². The van der Waals surface area contributed by atoms with Gasteiger partial charge >= 0.3 is 0 Å². The van der Waals surface area contributed by atoms with Gasteiger partial charge in [0.05, 0.1) is 6.10 Å². The Bertz CT molecular complexity index is 193. The lowest BCUT2D eigenvalue weighted by Gasteiger charge is -2.14. The van der Waals surface area contributed by atoms with E-state index < -0.39 is 10.8 Å². The fourth-order valence-corrected chi connectivity index (χ4v) is 3.27. The zero-order valence-corrected chi connectivity index (χ0v) is 10.6. The van der Waals surface area contributed by atoms with Crippen molar-refractivity contribution in [3.05, 3.63) is 0 Å². The fourth-order valence-electron chi connectivity index (χ4n) is 1.78. The Morgan fingerprint density at radius 3 is 3.00 bits per heavy atom. The predicted molar refractivity (Wildman–Crippen MR) is 64.6 cm³/mol. The highest BCUT2D eigenvalue weighted by atomic mass is 32.2. The van der Waals surface area contributed by atoms with Gasteiger partial charge in [0.25, 0.3) is 0 Å². The molecule has 15 heavy (non-hydrogen) atoms. The molecule has 1 rings (SSSR count). The fraction of sp³-hybridized carbons (Fsp3) is 1.00. The van der Waals surface area contributed by atoms with Crippen LogP contribution in [0.1, 0.15) is 33.1 Å². The molecule has 1 aliphatic heterocycles. The molecule has 4 heteroatoms. The highest BCUT2D eigenvalue weighted by molar-refractivity contribution is 7.85. The summed E-state index contributed by atoms with van der Waals surface area (Å²) in [6.07, 6.45) is 3.60. The molecule has 0 aliphatic carbocycles. The van der Waals surface area contributed by atoms with Gasteiger partial charge in [0, 0.05) is 35.0 Å². The van der Waals surface area contributed by atoms with Crippen molar-refractivity contribution in [2.75, 3.05) is 24.7 Å². The van der Waals surface area contributed by atoms with Gasteiger partial charge in [-0.3, -0.25) is 4.21 Å². The second kappa shape index (κ2) is 7.36. The van der Waals surface area contributed by atoms with Gasteiger partial charge in [-0.2, -0.15) is 0 Å². The normalized spacial score (nSPS) is 25.3. The molecule has 1 saturated heterocycles. The van der Waals surface area contributed by atoms with Crippen LogP contribution >= 0.6 is 0 Å². The van der Waals surface area contributed by atoms with Crippen molar-refractivity contribution < 1.29 is 8.95 Å². The minimum absolute atomic E-state index is 0.254. The quantitative estimate of drug-likeness (QED) is 0.720. The van der Waals surface area contributed by atoms with Gasteiger partial charge in [0.1, 0.15) is 0 Å². The number of ether oxygens (including phenoxy) is 1. The molecule has 0 spiro atoms. The largest absolute Gasteiger partial charge is 0.377 e. The monoisotopic (exact) mass is 233 g/mol. The van der Waals surface area contributed by atoms with Crippen LogP contribution < -0.4 is 5.32 Å². The summed E-state index contributed by atoms with van der Waals surface area (Å²) in [5.74, 6) is 1.47. The van der Waals surface area contributed by atoms with Crippen LogP contribution in [-0.2, 0) is 15.5 Å². The highest BCUT2D eigenvalue weighted by Crippen LogP contribution is 2.13. The van der Waals surface area contributed by atoms with E-state index in [1.54, 1.807) is 0 Å². The van der Waals surface area contributed by atoms with Crippen LogP contribution in [0.15, 0.2) is 0 Å². The summed E-state index contributed by atoms with van der Waals surface area (Å²) in [7, 11) is -0.731. The summed E-state index contributed by atoms with van der Waals surface area (Å²) in [4.78, 5) is 0. The predicted octanol–water partition coefficient (Wildman–Crippen LogP) is 1.30. The molecule has 0 aromatic rings. The van der Waals surface area contributed by atoms with Crippen molar-refractivity contribution in [3.8, 4) is 0 Å². The Morgan fingerprint density at radius 1 is 1.60 bits per heavy atom. The third-order valence-corrected chi connectivity index (χ3v) is 4.19. The van der Waals surface area contributed by atoms with E-state index in [9.17, 15) is 4.21 Å². The summed E-state index contributed by atoms with van der Waals surface area (Å²) in [5, 5.41) is 3.35. The van der Waals surface area contributed by atoms with E-state index in [1.807, 2.05) is 0 Å². The first-order valence-corrected chi connectivity index (χ1v) is 7.41. The van der Waals surface area contributed by atoms with Crippen LogP contribution in [0.3, 0.4) is 0 Å². The number of hydrogen-bond acceptors (Lipinski definition) is 3. The lowest BCUT2D eigenvalue weighted by Crippen LogP contribution is -2.33. The molecular weight excluding hydrogens is 210 g/mol. The SMILES string of the molecule is CCCNC(C)CS(=O)CC1CCCO1. The lowest BCUT2D eigenvalue weighted by molar-refractivity contribution is 0.128. The Morgan fingerprint density at radius 2 is 2.40 bits per heavy atom. The van der Waals surface area contributed by atoms with Crippen molar-refractivity contribution in [1.82, 2.24) is 5.32 Å². The smallest absolute Gasteiger partial charge is 0.0691 e. The summed E-state index contributed by atoms with van der Waals surface area (Å²) in [6.45, 7) is 6.11. The highest BCUT2D eigenvalue weighted by Gasteiger charge is 2.19. The standard InChI is InChI=1S/C11H23NO2S/c1-3-6-12-10(2)8-15(13)9-11-5-4-7-14-11/h10-12H,3-9H2,1-2H3. The molecule has 0 amide bonds. The molecule has 1 aliphatic rings. The molecule has 90 valence electrons. The summed E-state index contributed by atoms with van der Waals surface area (Å²) < 4.78 is 17.2. The second-order valence-electron chi connectivity index (χ2n) is 4.26. The molecule has 3 unspecified atom stereocenters. The van der Waals surface area contributed by atoms with E-state index in [2.05, 4.69) is 19.2 Å². The molecule has 0 aromatic carbocycles. The maximum absolute atomic E-state index is 11.8. The van der Waals surface area contributed by atoms with Crippen molar-refractivity contribution in [2.24, 2.45) is 0 Å². The molecular formula is C11H23NO2S. The molecule has 0 radical (unpaired) electrons. The van der Waals surface area contributed by atoms with Crippen LogP contribution in [0, 0.1) is 0 Å². The third-order valence-electron chi connectivity index (χ3n) is 2.57.